The number of methoxy groups -OCH3 is 1. The lowest BCUT2D eigenvalue weighted by Gasteiger charge is -2.33. The number of aryl methyl sites for hydroxylation is 1. The number of hydrogen-bond acceptors (Lipinski definition) is 5. The first-order valence-electron chi connectivity index (χ1n) is 11.6. The lowest BCUT2D eigenvalue weighted by molar-refractivity contribution is -0.118. The van der Waals surface area contributed by atoms with E-state index in [2.05, 4.69) is 52.9 Å². The molecule has 1 aromatic carbocycles. The summed E-state index contributed by atoms with van der Waals surface area (Å²) in [6.45, 7) is 15.1. The summed E-state index contributed by atoms with van der Waals surface area (Å²) in [5, 5.41) is 3.49. The molecule has 1 aliphatic rings. The van der Waals surface area contributed by atoms with E-state index >= 15 is 0 Å². The Hall–Kier alpha value is -2.34. The van der Waals surface area contributed by atoms with Gasteiger partial charge < -0.3 is 14.8 Å². The fourth-order valence-corrected chi connectivity index (χ4v) is 5.72. The number of benzene rings is 1. The van der Waals surface area contributed by atoms with Crippen molar-refractivity contribution in [2.45, 2.75) is 73.1 Å². The third-order valence-electron chi connectivity index (χ3n) is 6.43. The fraction of sp³-hybridized carbons (Fsp3) is 0.556. The number of esters is 1. The standard InChI is InChI=1S/C27H37NO4S/c1-16-9-12-20(19(13-16)27(5,6)7)32-15-22(29)28-24-23(25(30)31-8)18-11-10-17(26(2,3)4)14-21(18)33-24/h9,12-13,17H,10-11,14-15H2,1-8H3,(H,28,29). The largest absolute Gasteiger partial charge is 0.483 e. The second kappa shape index (κ2) is 9.49. The molecule has 1 atom stereocenters. The van der Waals surface area contributed by atoms with Crippen LogP contribution in [0.2, 0.25) is 0 Å². The Bertz CT molecular complexity index is 1040. The van der Waals surface area contributed by atoms with Crippen LogP contribution in [0.3, 0.4) is 0 Å². The SMILES string of the molecule is COC(=O)c1c(NC(=O)COc2ccc(C)cc2C(C)(C)C)sc2c1CCC(C(C)(C)C)C2. The third-order valence-corrected chi connectivity index (χ3v) is 7.60. The van der Waals surface area contributed by atoms with Crippen molar-refractivity contribution >= 4 is 28.2 Å². The van der Waals surface area contributed by atoms with Gasteiger partial charge in [0.1, 0.15) is 10.8 Å². The molecule has 3 rings (SSSR count). The van der Waals surface area contributed by atoms with Crippen LogP contribution < -0.4 is 10.1 Å². The van der Waals surface area contributed by atoms with Crippen molar-refractivity contribution in [1.82, 2.24) is 0 Å². The molecule has 2 aromatic rings. The molecule has 1 heterocycles. The Morgan fingerprint density at radius 2 is 1.85 bits per heavy atom. The summed E-state index contributed by atoms with van der Waals surface area (Å²) in [7, 11) is 1.38. The molecular weight excluding hydrogens is 434 g/mol. The van der Waals surface area contributed by atoms with E-state index in [1.54, 1.807) is 0 Å². The molecule has 1 aromatic heterocycles. The highest BCUT2D eigenvalue weighted by Gasteiger charge is 2.34. The quantitative estimate of drug-likeness (QED) is 0.519. The van der Waals surface area contributed by atoms with E-state index in [9.17, 15) is 9.59 Å². The second-order valence-electron chi connectivity index (χ2n) is 11.1. The van der Waals surface area contributed by atoms with Crippen molar-refractivity contribution in [1.29, 1.82) is 0 Å². The second-order valence-corrected chi connectivity index (χ2v) is 12.2. The number of ether oxygens (including phenoxy) is 2. The van der Waals surface area contributed by atoms with E-state index in [-0.39, 0.29) is 23.3 Å². The summed E-state index contributed by atoms with van der Waals surface area (Å²) in [5.41, 5.74) is 3.83. The highest BCUT2D eigenvalue weighted by Crippen LogP contribution is 2.44. The van der Waals surface area contributed by atoms with Crippen LogP contribution in [0.1, 0.15) is 79.9 Å². The van der Waals surface area contributed by atoms with Crippen molar-refractivity contribution < 1.29 is 19.1 Å². The van der Waals surface area contributed by atoms with Crippen molar-refractivity contribution in [2.24, 2.45) is 11.3 Å². The zero-order chi connectivity index (χ0) is 24.6. The summed E-state index contributed by atoms with van der Waals surface area (Å²) in [4.78, 5) is 26.6. The number of anilines is 1. The number of nitrogens with one attached hydrogen (secondary N) is 1. The predicted molar refractivity (Wildman–Crippen MR) is 135 cm³/mol. The zero-order valence-electron chi connectivity index (χ0n) is 21.2. The van der Waals surface area contributed by atoms with Gasteiger partial charge in [0.15, 0.2) is 6.61 Å². The van der Waals surface area contributed by atoms with Crippen LogP contribution in [-0.4, -0.2) is 25.6 Å². The minimum absolute atomic E-state index is 0.105. The minimum atomic E-state index is -0.397. The Labute approximate surface area is 201 Å². The van der Waals surface area contributed by atoms with Crippen LogP contribution >= 0.6 is 11.3 Å². The van der Waals surface area contributed by atoms with Gasteiger partial charge in [-0.3, -0.25) is 4.79 Å². The van der Waals surface area contributed by atoms with Crippen LogP contribution in [0.25, 0.3) is 0 Å². The first-order valence-corrected chi connectivity index (χ1v) is 12.4. The van der Waals surface area contributed by atoms with Crippen molar-refractivity contribution in [2.75, 3.05) is 19.0 Å². The lowest BCUT2D eigenvalue weighted by Crippen LogP contribution is -2.26. The summed E-state index contributed by atoms with van der Waals surface area (Å²) in [6, 6.07) is 6.00. The highest BCUT2D eigenvalue weighted by molar-refractivity contribution is 7.17. The van der Waals surface area contributed by atoms with Crippen LogP contribution in [0, 0.1) is 18.3 Å². The molecule has 0 aliphatic heterocycles. The van der Waals surface area contributed by atoms with Gasteiger partial charge in [-0.05, 0) is 60.1 Å². The fourth-order valence-electron chi connectivity index (χ4n) is 4.39. The molecule has 0 saturated heterocycles. The van der Waals surface area contributed by atoms with Gasteiger partial charge in [-0.15, -0.1) is 11.3 Å². The Morgan fingerprint density at radius 1 is 1.15 bits per heavy atom. The molecule has 1 amide bonds. The van der Waals surface area contributed by atoms with E-state index in [0.29, 0.717) is 22.2 Å². The predicted octanol–water partition coefficient (Wildman–Crippen LogP) is 6.31. The maximum Gasteiger partial charge on any atom is 0.341 e. The van der Waals surface area contributed by atoms with Crippen LogP contribution in [0.5, 0.6) is 5.75 Å². The molecule has 1 unspecified atom stereocenters. The average Bonchev–Trinajstić information content (AvgIpc) is 3.07. The van der Waals surface area contributed by atoms with Gasteiger partial charge in [0.2, 0.25) is 0 Å². The third kappa shape index (κ3) is 5.78. The molecule has 0 bridgehead atoms. The Balaban J connectivity index is 1.79. The number of amides is 1. The van der Waals surface area contributed by atoms with Gasteiger partial charge in [0.25, 0.3) is 5.91 Å². The first-order chi connectivity index (χ1) is 15.3. The van der Waals surface area contributed by atoms with E-state index in [0.717, 1.165) is 36.0 Å². The minimum Gasteiger partial charge on any atom is -0.483 e. The molecule has 1 aliphatic carbocycles. The van der Waals surface area contributed by atoms with Gasteiger partial charge in [0, 0.05) is 4.88 Å². The summed E-state index contributed by atoms with van der Waals surface area (Å²) >= 11 is 1.50. The van der Waals surface area contributed by atoms with E-state index in [4.69, 9.17) is 9.47 Å². The van der Waals surface area contributed by atoms with Gasteiger partial charge in [-0.1, -0.05) is 59.2 Å². The number of carbonyl (C=O) groups is 2. The lowest BCUT2D eigenvalue weighted by atomic mass is 9.72. The topological polar surface area (TPSA) is 64.6 Å². The van der Waals surface area contributed by atoms with Gasteiger partial charge in [-0.25, -0.2) is 4.79 Å². The Kier molecular flexibility index (Phi) is 7.27. The van der Waals surface area contributed by atoms with Crippen molar-refractivity contribution in [3.63, 3.8) is 0 Å². The Morgan fingerprint density at radius 3 is 2.45 bits per heavy atom. The van der Waals surface area contributed by atoms with Gasteiger partial charge in [-0.2, -0.15) is 0 Å². The number of carbonyl (C=O) groups excluding carboxylic acids is 2. The number of fused-ring (bicyclic) bond motifs is 1. The number of rotatable bonds is 5. The molecule has 180 valence electrons. The molecule has 0 spiro atoms. The molecule has 0 saturated carbocycles. The smallest absolute Gasteiger partial charge is 0.341 e. The zero-order valence-corrected chi connectivity index (χ0v) is 22.0. The molecule has 5 nitrogen and oxygen atoms in total. The summed E-state index contributed by atoms with van der Waals surface area (Å²) in [5.74, 6) is 0.561. The molecule has 0 radical (unpaired) electrons. The molecule has 33 heavy (non-hydrogen) atoms. The molecule has 0 fully saturated rings. The summed E-state index contributed by atoms with van der Waals surface area (Å²) < 4.78 is 11.0. The monoisotopic (exact) mass is 471 g/mol. The van der Waals surface area contributed by atoms with Gasteiger partial charge >= 0.3 is 5.97 Å². The normalized spacial score (nSPS) is 16.2. The van der Waals surface area contributed by atoms with Crippen molar-refractivity contribution in [3.8, 4) is 5.75 Å². The molecular formula is C27H37NO4S. The maximum atomic E-state index is 12.8. The highest BCUT2D eigenvalue weighted by atomic mass is 32.1. The van der Waals surface area contributed by atoms with E-state index in [1.165, 1.54) is 23.3 Å². The maximum absolute atomic E-state index is 12.8. The molecule has 1 N–H and O–H groups in total. The van der Waals surface area contributed by atoms with Crippen LogP contribution in [0.4, 0.5) is 5.00 Å². The average molecular weight is 472 g/mol. The van der Waals surface area contributed by atoms with Gasteiger partial charge in [0.05, 0.1) is 12.7 Å². The van der Waals surface area contributed by atoms with Crippen LogP contribution in [0.15, 0.2) is 18.2 Å². The van der Waals surface area contributed by atoms with E-state index < -0.39 is 5.97 Å². The first kappa shape index (κ1) is 25.3. The number of thiophene rings is 1. The number of hydrogen-bond donors (Lipinski definition) is 1. The molecule has 6 heteroatoms. The van der Waals surface area contributed by atoms with Crippen molar-refractivity contribution in [3.05, 3.63) is 45.3 Å². The summed E-state index contributed by atoms with van der Waals surface area (Å²) in [6.07, 6.45) is 2.76. The van der Waals surface area contributed by atoms with E-state index in [1.807, 2.05) is 19.1 Å². The van der Waals surface area contributed by atoms with Crippen LogP contribution in [-0.2, 0) is 27.8 Å².